The van der Waals surface area contributed by atoms with Crippen molar-refractivity contribution in [2.24, 2.45) is 5.92 Å². The van der Waals surface area contributed by atoms with Gasteiger partial charge in [-0.15, -0.1) is 0 Å². The van der Waals surface area contributed by atoms with Gasteiger partial charge in [-0.3, -0.25) is 9.59 Å². The number of nitrogens with one attached hydrogen (secondary N) is 1. The van der Waals surface area contributed by atoms with Gasteiger partial charge < -0.3 is 15.3 Å². The Morgan fingerprint density at radius 1 is 1.08 bits per heavy atom. The number of anilines is 2. The zero-order valence-corrected chi connectivity index (χ0v) is 13.9. The highest BCUT2D eigenvalue weighted by Crippen LogP contribution is 2.27. The van der Waals surface area contributed by atoms with Crippen LogP contribution >= 0.6 is 11.6 Å². The van der Waals surface area contributed by atoms with Crippen LogP contribution in [0.3, 0.4) is 0 Å². The maximum Gasteiger partial charge on any atom is 0.335 e. The number of amides is 2. The Kier molecular flexibility index (Phi) is 4.72. The first kappa shape index (κ1) is 17.0. The van der Waals surface area contributed by atoms with E-state index in [9.17, 15) is 14.4 Å². The summed E-state index contributed by atoms with van der Waals surface area (Å²) in [5.74, 6) is -1.89. The van der Waals surface area contributed by atoms with E-state index in [2.05, 4.69) is 5.32 Å². The average molecular weight is 359 g/mol. The van der Waals surface area contributed by atoms with Gasteiger partial charge in [0.1, 0.15) is 0 Å². The van der Waals surface area contributed by atoms with Gasteiger partial charge in [-0.05, 0) is 48.5 Å². The summed E-state index contributed by atoms with van der Waals surface area (Å²) < 4.78 is 0. The van der Waals surface area contributed by atoms with E-state index in [4.69, 9.17) is 16.7 Å². The quantitative estimate of drug-likeness (QED) is 0.879. The molecule has 1 fully saturated rings. The van der Waals surface area contributed by atoms with E-state index in [0.29, 0.717) is 22.9 Å². The van der Waals surface area contributed by atoms with Gasteiger partial charge in [0, 0.05) is 29.4 Å². The Balaban J connectivity index is 1.66. The number of benzene rings is 2. The molecule has 1 heterocycles. The zero-order valence-electron chi connectivity index (χ0n) is 13.1. The van der Waals surface area contributed by atoms with Crippen molar-refractivity contribution in [3.63, 3.8) is 0 Å². The first-order chi connectivity index (χ1) is 11.9. The highest BCUT2D eigenvalue weighted by atomic mass is 35.5. The molecule has 0 aromatic heterocycles. The van der Waals surface area contributed by atoms with Crippen LogP contribution in [0.5, 0.6) is 0 Å². The molecule has 0 bridgehead atoms. The van der Waals surface area contributed by atoms with Crippen molar-refractivity contribution in [1.82, 2.24) is 0 Å². The highest BCUT2D eigenvalue weighted by molar-refractivity contribution is 6.30. The Labute approximate surface area is 149 Å². The molecule has 1 saturated heterocycles. The van der Waals surface area contributed by atoms with Gasteiger partial charge in [-0.25, -0.2) is 4.79 Å². The minimum absolute atomic E-state index is 0.122. The smallest absolute Gasteiger partial charge is 0.335 e. The Morgan fingerprint density at radius 3 is 2.32 bits per heavy atom. The predicted molar refractivity (Wildman–Crippen MR) is 93.9 cm³/mol. The molecule has 2 N–H and O–H groups in total. The third kappa shape index (κ3) is 3.80. The second-order valence-electron chi connectivity index (χ2n) is 5.75. The molecule has 25 heavy (non-hydrogen) atoms. The van der Waals surface area contributed by atoms with E-state index >= 15 is 0 Å². The molecule has 0 radical (unpaired) electrons. The van der Waals surface area contributed by atoms with E-state index in [0.717, 1.165) is 0 Å². The van der Waals surface area contributed by atoms with Crippen molar-refractivity contribution in [1.29, 1.82) is 0 Å². The molecular formula is C18H15ClN2O4. The summed E-state index contributed by atoms with van der Waals surface area (Å²) in [6.07, 6.45) is 0.127. The van der Waals surface area contributed by atoms with Crippen LogP contribution in [0.2, 0.25) is 5.02 Å². The number of carbonyl (C=O) groups is 3. The van der Waals surface area contributed by atoms with Crippen LogP contribution in [0.25, 0.3) is 0 Å². The molecule has 1 atom stereocenters. The van der Waals surface area contributed by atoms with Gasteiger partial charge in [-0.2, -0.15) is 0 Å². The van der Waals surface area contributed by atoms with Crippen LogP contribution in [0.1, 0.15) is 16.8 Å². The average Bonchev–Trinajstić information content (AvgIpc) is 2.98. The summed E-state index contributed by atoms with van der Waals surface area (Å²) in [5, 5.41) is 12.2. The number of carboxylic acids is 1. The molecular weight excluding hydrogens is 344 g/mol. The number of aromatic carboxylic acids is 1. The summed E-state index contributed by atoms with van der Waals surface area (Å²) in [5.41, 5.74) is 1.34. The number of hydrogen-bond donors (Lipinski definition) is 2. The molecule has 2 aromatic carbocycles. The molecule has 2 aromatic rings. The van der Waals surface area contributed by atoms with Gasteiger partial charge in [-0.1, -0.05) is 11.6 Å². The minimum Gasteiger partial charge on any atom is -0.478 e. The lowest BCUT2D eigenvalue weighted by atomic mass is 10.1. The van der Waals surface area contributed by atoms with Crippen LogP contribution in [-0.4, -0.2) is 29.4 Å². The van der Waals surface area contributed by atoms with Crippen molar-refractivity contribution in [2.45, 2.75) is 6.42 Å². The number of hydrogen-bond acceptors (Lipinski definition) is 3. The predicted octanol–water partition coefficient (Wildman–Crippen LogP) is 3.03. The summed E-state index contributed by atoms with van der Waals surface area (Å²) in [6, 6.07) is 12.7. The van der Waals surface area contributed by atoms with E-state index in [1.807, 2.05) is 0 Å². The van der Waals surface area contributed by atoms with Crippen LogP contribution in [0.4, 0.5) is 11.4 Å². The molecule has 2 amide bonds. The number of carboxylic acid groups (broad SMARTS) is 1. The molecule has 3 rings (SSSR count). The maximum atomic E-state index is 12.4. The topological polar surface area (TPSA) is 86.7 Å². The van der Waals surface area contributed by atoms with Gasteiger partial charge in [0.05, 0.1) is 11.5 Å². The van der Waals surface area contributed by atoms with Crippen molar-refractivity contribution >= 4 is 40.8 Å². The number of halogens is 1. The molecule has 128 valence electrons. The highest BCUT2D eigenvalue weighted by Gasteiger charge is 2.35. The SMILES string of the molecule is O=C(O)c1ccc(NC(=O)[C@@H]2CC(=O)N(c3ccc(Cl)cc3)C2)cc1. The first-order valence-electron chi connectivity index (χ1n) is 7.64. The summed E-state index contributed by atoms with van der Waals surface area (Å²) in [6.45, 7) is 0.291. The van der Waals surface area contributed by atoms with Gasteiger partial charge in [0.25, 0.3) is 0 Å². The maximum absolute atomic E-state index is 12.4. The Bertz CT molecular complexity index is 818. The molecule has 1 aliphatic heterocycles. The minimum atomic E-state index is -1.03. The zero-order chi connectivity index (χ0) is 18.0. The third-order valence-electron chi connectivity index (χ3n) is 4.03. The van der Waals surface area contributed by atoms with Gasteiger partial charge in [0.2, 0.25) is 11.8 Å². The molecule has 0 unspecified atom stereocenters. The van der Waals surface area contributed by atoms with E-state index < -0.39 is 11.9 Å². The summed E-state index contributed by atoms with van der Waals surface area (Å²) in [4.78, 5) is 37.0. The van der Waals surface area contributed by atoms with Crippen molar-refractivity contribution in [3.05, 3.63) is 59.1 Å². The van der Waals surface area contributed by atoms with Crippen molar-refractivity contribution in [2.75, 3.05) is 16.8 Å². The number of rotatable bonds is 4. The molecule has 0 aliphatic carbocycles. The fourth-order valence-electron chi connectivity index (χ4n) is 2.69. The Morgan fingerprint density at radius 2 is 1.72 bits per heavy atom. The fourth-order valence-corrected chi connectivity index (χ4v) is 2.82. The van der Waals surface area contributed by atoms with Crippen LogP contribution in [0.15, 0.2) is 48.5 Å². The largest absolute Gasteiger partial charge is 0.478 e. The Hall–Kier alpha value is -2.86. The molecule has 0 saturated carbocycles. The first-order valence-corrected chi connectivity index (χ1v) is 8.02. The van der Waals surface area contributed by atoms with Crippen molar-refractivity contribution < 1.29 is 19.5 Å². The van der Waals surface area contributed by atoms with Crippen molar-refractivity contribution in [3.8, 4) is 0 Å². The molecule has 0 spiro atoms. The summed E-state index contributed by atoms with van der Waals surface area (Å²) >= 11 is 5.85. The van der Waals surface area contributed by atoms with Crippen LogP contribution in [-0.2, 0) is 9.59 Å². The molecule has 7 heteroatoms. The monoisotopic (exact) mass is 358 g/mol. The summed E-state index contributed by atoms with van der Waals surface area (Å²) in [7, 11) is 0. The van der Waals surface area contributed by atoms with Crippen LogP contribution < -0.4 is 10.2 Å². The molecule has 6 nitrogen and oxygen atoms in total. The third-order valence-corrected chi connectivity index (χ3v) is 4.29. The second kappa shape index (κ2) is 6.94. The number of carbonyl (C=O) groups excluding carboxylic acids is 2. The van der Waals surface area contributed by atoms with Crippen LogP contribution in [0, 0.1) is 5.92 Å². The fraction of sp³-hybridized carbons (Fsp3) is 0.167. The standard InChI is InChI=1S/C18H15ClN2O4/c19-13-3-7-15(8-4-13)21-10-12(9-16(21)22)17(23)20-14-5-1-11(2-6-14)18(24)25/h1-8,12H,9-10H2,(H,20,23)(H,24,25)/t12-/m1/s1. The number of nitrogens with zero attached hydrogens (tertiary/aromatic N) is 1. The lowest BCUT2D eigenvalue weighted by Gasteiger charge is -2.16. The van der Waals surface area contributed by atoms with E-state index in [1.54, 1.807) is 29.2 Å². The van der Waals surface area contributed by atoms with E-state index in [-0.39, 0.29) is 23.8 Å². The second-order valence-corrected chi connectivity index (χ2v) is 6.19. The lowest BCUT2D eigenvalue weighted by Crippen LogP contribution is -2.28. The normalized spacial score (nSPS) is 16.8. The lowest BCUT2D eigenvalue weighted by molar-refractivity contribution is -0.122. The van der Waals surface area contributed by atoms with Gasteiger partial charge in [0.15, 0.2) is 0 Å². The van der Waals surface area contributed by atoms with Gasteiger partial charge >= 0.3 is 5.97 Å². The molecule has 1 aliphatic rings. The van der Waals surface area contributed by atoms with E-state index in [1.165, 1.54) is 24.3 Å².